The molecular formula is C36H51N5O7. The number of nitrogens with one attached hydrogen (secondary N) is 3. The zero-order valence-electron chi connectivity index (χ0n) is 29.4. The van der Waals surface area contributed by atoms with Gasteiger partial charge in [-0.2, -0.15) is 0 Å². The average Bonchev–Trinajstić information content (AvgIpc) is 3.48. The van der Waals surface area contributed by atoms with Crippen LogP contribution in [-0.4, -0.2) is 77.0 Å². The summed E-state index contributed by atoms with van der Waals surface area (Å²) in [5, 5.41) is 8.08. The van der Waals surface area contributed by atoms with Crippen molar-refractivity contribution < 1.29 is 33.5 Å². The number of carbonyl (C=O) groups excluding carboxylic acids is 6. The molecule has 0 aliphatic carbocycles. The topological polar surface area (TPSA) is 164 Å². The van der Waals surface area contributed by atoms with Crippen LogP contribution < -0.4 is 16.0 Å². The smallest absolute Gasteiger partial charge is 0.408 e. The van der Waals surface area contributed by atoms with E-state index < -0.39 is 58.9 Å². The van der Waals surface area contributed by atoms with Crippen LogP contribution in [0.2, 0.25) is 0 Å². The van der Waals surface area contributed by atoms with Gasteiger partial charge in [0.25, 0.3) is 0 Å². The van der Waals surface area contributed by atoms with Crippen molar-refractivity contribution in [1.82, 2.24) is 25.8 Å². The van der Waals surface area contributed by atoms with E-state index >= 15 is 0 Å². The molecule has 0 bridgehead atoms. The summed E-state index contributed by atoms with van der Waals surface area (Å²) in [4.78, 5) is 85.0. The Morgan fingerprint density at radius 1 is 1.00 bits per heavy atom. The number of Topliss-reactive ketones (excluding diaryl/α,β-unsaturated/α-hetero) is 2. The SMILES string of the molecule is CC.CC(C)CC(C(=O)NC(CC1CCNC1=O)C(=O)C(=O)c1ccccc1)N(C)C(=O)[C@@H](NC(=O)OCc1ccccn1)C(C)(C)C. The molecule has 0 spiro atoms. The summed E-state index contributed by atoms with van der Waals surface area (Å²) in [7, 11) is 1.46. The second kappa shape index (κ2) is 18.7. The zero-order chi connectivity index (χ0) is 36.0. The highest BCUT2D eigenvalue weighted by atomic mass is 16.5. The quantitative estimate of drug-likeness (QED) is 0.201. The predicted octanol–water partition coefficient (Wildman–Crippen LogP) is 4.08. The lowest BCUT2D eigenvalue weighted by molar-refractivity contribution is -0.143. The molecule has 3 N–H and O–H groups in total. The number of hydrogen-bond donors (Lipinski definition) is 3. The summed E-state index contributed by atoms with van der Waals surface area (Å²) in [6, 6.07) is 9.79. The van der Waals surface area contributed by atoms with Gasteiger partial charge in [0.2, 0.25) is 29.3 Å². The maximum atomic E-state index is 14.0. The number of ether oxygens (including phenoxy) is 1. The van der Waals surface area contributed by atoms with Crippen molar-refractivity contribution in [2.24, 2.45) is 17.3 Å². The fraction of sp³-hybridized carbons (Fsp3) is 0.528. The molecule has 1 aromatic heterocycles. The summed E-state index contributed by atoms with van der Waals surface area (Å²) in [6.07, 6.45) is 1.38. The van der Waals surface area contributed by atoms with E-state index in [9.17, 15) is 28.8 Å². The maximum absolute atomic E-state index is 14.0. The largest absolute Gasteiger partial charge is 0.443 e. The van der Waals surface area contributed by atoms with Crippen molar-refractivity contribution in [3.8, 4) is 0 Å². The number of hydrogen-bond acceptors (Lipinski definition) is 8. The van der Waals surface area contributed by atoms with Crippen molar-refractivity contribution in [3.63, 3.8) is 0 Å². The van der Waals surface area contributed by atoms with Crippen LogP contribution in [0, 0.1) is 17.3 Å². The van der Waals surface area contributed by atoms with Gasteiger partial charge in [0.1, 0.15) is 18.7 Å². The molecule has 48 heavy (non-hydrogen) atoms. The number of aromatic nitrogens is 1. The Balaban J connectivity index is 0.00000392. The zero-order valence-corrected chi connectivity index (χ0v) is 29.4. The van der Waals surface area contributed by atoms with Crippen LogP contribution in [0.25, 0.3) is 0 Å². The molecular weight excluding hydrogens is 614 g/mol. The van der Waals surface area contributed by atoms with Crippen molar-refractivity contribution >= 4 is 35.4 Å². The number of amides is 4. The standard InChI is InChI=1S/C34H45N5O7.C2H6/c1-21(2)18-26(39(6)32(44)29(34(3,4)5)38-33(45)46-20-24-14-10-11-16-35-24)31(43)37-25(19-23-15-17-36-30(23)42)28(41)27(40)22-12-8-7-9-13-22;1-2/h7-14,16,21,23,25-26,29H,15,17-20H2,1-6H3,(H,36,42)(H,37,43)(H,38,45);1-2H3/t23?,25?,26?,29-;/m1./s1. The van der Waals surface area contributed by atoms with E-state index in [1.165, 1.54) is 24.1 Å². The highest BCUT2D eigenvalue weighted by Gasteiger charge is 2.41. The first kappa shape index (κ1) is 39.6. The number of benzene rings is 1. The van der Waals surface area contributed by atoms with Gasteiger partial charge in [-0.3, -0.25) is 29.0 Å². The van der Waals surface area contributed by atoms with Crippen LogP contribution in [0.1, 0.15) is 83.8 Å². The third-order valence-corrected chi connectivity index (χ3v) is 7.84. The van der Waals surface area contributed by atoms with Gasteiger partial charge >= 0.3 is 6.09 Å². The van der Waals surface area contributed by atoms with Gasteiger partial charge in [-0.1, -0.05) is 84.9 Å². The number of ketones is 2. The molecule has 3 unspecified atom stereocenters. The molecule has 12 nitrogen and oxygen atoms in total. The lowest BCUT2D eigenvalue weighted by Gasteiger charge is -2.37. The molecule has 2 heterocycles. The molecule has 1 aliphatic heterocycles. The van der Waals surface area contributed by atoms with Gasteiger partial charge in [-0.15, -0.1) is 0 Å². The molecule has 2 aromatic rings. The maximum Gasteiger partial charge on any atom is 0.408 e. The van der Waals surface area contributed by atoms with E-state index in [1.807, 2.05) is 27.7 Å². The number of nitrogens with zero attached hydrogens (tertiary/aromatic N) is 2. The number of pyridine rings is 1. The average molecular weight is 666 g/mol. The number of rotatable bonds is 14. The second-order valence-corrected chi connectivity index (χ2v) is 13.1. The third-order valence-electron chi connectivity index (χ3n) is 7.84. The molecule has 0 saturated carbocycles. The first-order valence-electron chi connectivity index (χ1n) is 16.5. The lowest BCUT2D eigenvalue weighted by atomic mass is 9.85. The Morgan fingerprint density at radius 2 is 1.65 bits per heavy atom. The minimum Gasteiger partial charge on any atom is -0.443 e. The van der Waals surface area contributed by atoms with E-state index in [1.54, 1.807) is 63.4 Å². The number of alkyl carbamates (subject to hydrolysis) is 1. The molecule has 262 valence electrons. The predicted molar refractivity (Wildman–Crippen MR) is 182 cm³/mol. The van der Waals surface area contributed by atoms with E-state index in [2.05, 4.69) is 20.9 Å². The van der Waals surface area contributed by atoms with Crippen LogP contribution >= 0.6 is 0 Å². The summed E-state index contributed by atoms with van der Waals surface area (Å²) in [5.41, 5.74) is -0.0698. The first-order chi connectivity index (χ1) is 22.7. The van der Waals surface area contributed by atoms with Gasteiger partial charge in [-0.25, -0.2) is 4.79 Å². The van der Waals surface area contributed by atoms with E-state index in [0.717, 1.165) is 0 Å². The van der Waals surface area contributed by atoms with E-state index in [-0.39, 0.29) is 36.8 Å². The van der Waals surface area contributed by atoms with Gasteiger partial charge in [-0.05, 0) is 42.7 Å². The van der Waals surface area contributed by atoms with Gasteiger partial charge in [0.15, 0.2) is 0 Å². The molecule has 1 fully saturated rings. The highest BCUT2D eigenvalue weighted by molar-refractivity contribution is 6.45. The fourth-order valence-electron chi connectivity index (χ4n) is 5.22. The Labute approximate surface area is 283 Å². The van der Waals surface area contributed by atoms with Crippen molar-refractivity contribution in [1.29, 1.82) is 0 Å². The van der Waals surface area contributed by atoms with Crippen molar-refractivity contribution in [2.75, 3.05) is 13.6 Å². The summed E-state index contributed by atoms with van der Waals surface area (Å²) in [6.45, 7) is 13.4. The molecule has 12 heteroatoms. The summed E-state index contributed by atoms with van der Waals surface area (Å²) >= 11 is 0. The molecule has 1 aliphatic rings. The second-order valence-electron chi connectivity index (χ2n) is 13.1. The van der Waals surface area contributed by atoms with Crippen LogP contribution in [0.15, 0.2) is 54.7 Å². The van der Waals surface area contributed by atoms with Crippen LogP contribution in [0.5, 0.6) is 0 Å². The summed E-state index contributed by atoms with van der Waals surface area (Å²) < 4.78 is 5.30. The normalized spacial score (nSPS) is 15.9. The molecule has 4 amide bonds. The summed E-state index contributed by atoms with van der Waals surface area (Å²) in [5.74, 6) is -3.67. The van der Waals surface area contributed by atoms with Gasteiger partial charge in [0, 0.05) is 31.3 Å². The van der Waals surface area contributed by atoms with Gasteiger partial charge < -0.3 is 25.6 Å². The molecule has 4 atom stereocenters. The minimum absolute atomic E-state index is 0.0453. The van der Waals surface area contributed by atoms with Crippen LogP contribution in [-0.2, 0) is 30.5 Å². The van der Waals surface area contributed by atoms with E-state index in [4.69, 9.17) is 4.74 Å². The number of carbonyl (C=O) groups is 6. The minimum atomic E-state index is -1.29. The monoisotopic (exact) mass is 665 g/mol. The molecule has 3 rings (SSSR count). The third kappa shape index (κ3) is 11.6. The first-order valence-corrected chi connectivity index (χ1v) is 16.5. The van der Waals surface area contributed by atoms with Crippen molar-refractivity contribution in [3.05, 3.63) is 66.0 Å². The van der Waals surface area contributed by atoms with Crippen molar-refractivity contribution in [2.45, 2.75) is 92.5 Å². The van der Waals surface area contributed by atoms with Crippen LogP contribution in [0.4, 0.5) is 4.79 Å². The Hall–Kier alpha value is -4.61. The lowest BCUT2D eigenvalue weighted by Crippen LogP contribution is -2.59. The van der Waals surface area contributed by atoms with Gasteiger partial charge in [0.05, 0.1) is 11.7 Å². The Morgan fingerprint density at radius 3 is 2.19 bits per heavy atom. The fourth-order valence-corrected chi connectivity index (χ4v) is 5.22. The highest BCUT2D eigenvalue weighted by Crippen LogP contribution is 2.24. The molecule has 1 saturated heterocycles. The Bertz CT molecular complexity index is 1390. The Kier molecular flexibility index (Phi) is 15.4. The van der Waals surface area contributed by atoms with Crippen LogP contribution in [0.3, 0.4) is 0 Å². The molecule has 1 aromatic carbocycles. The van der Waals surface area contributed by atoms with E-state index in [0.29, 0.717) is 18.7 Å². The number of likely N-dealkylation sites (N-methyl/N-ethyl adjacent to an activating group) is 1. The molecule has 0 radical (unpaired) electrons.